The van der Waals surface area contributed by atoms with Gasteiger partial charge in [0.1, 0.15) is 0 Å². The molecule has 2 rings (SSSR count). The van der Waals surface area contributed by atoms with Gasteiger partial charge in [-0.05, 0) is 30.3 Å². The Morgan fingerprint density at radius 3 is 2.35 bits per heavy atom. The van der Waals surface area contributed by atoms with E-state index in [2.05, 4.69) is 4.74 Å². The SMILES string of the molecule is COc1ccc(CN(C)CC(=O)N(CCC(N)=O)Cc2ccccc2)cc1OC(F)F. The Bertz CT molecular complexity index is 865. The molecule has 0 radical (unpaired) electrons. The van der Waals surface area contributed by atoms with E-state index in [1.54, 1.807) is 22.9 Å². The summed E-state index contributed by atoms with van der Waals surface area (Å²) in [5, 5.41) is 0. The van der Waals surface area contributed by atoms with Crippen molar-refractivity contribution in [3.8, 4) is 11.5 Å². The summed E-state index contributed by atoms with van der Waals surface area (Å²) in [6.07, 6.45) is 0.0646. The number of nitrogens with zero attached hydrogens (tertiary/aromatic N) is 2. The van der Waals surface area contributed by atoms with Crippen molar-refractivity contribution in [3.05, 3.63) is 59.7 Å². The molecule has 0 spiro atoms. The van der Waals surface area contributed by atoms with Gasteiger partial charge in [-0.25, -0.2) is 0 Å². The molecule has 2 amide bonds. The van der Waals surface area contributed by atoms with Crippen molar-refractivity contribution >= 4 is 11.8 Å². The third-order valence-corrected chi connectivity index (χ3v) is 4.50. The number of hydrogen-bond acceptors (Lipinski definition) is 5. The highest BCUT2D eigenvalue weighted by Crippen LogP contribution is 2.29. The quantitative estimate of drug-likeness (QED) is 0.554. The zero-order valence-corrected chi connectivity index (χ0v) is 17.6. The fraction of sp³-hybridized carbons (Fsp3) is 0.364. The molecule has 9 heteroatoms. The number of primary amides is 1. The van der Waals surface area contributed by atoms with Crippen molar-refractivity contribution in [2.45, 2.75) is 26.1 Å². The normalized spacial score (nSPS) is 10.9. The molecule has 0 saturated carbocycles. The highest BCUT2D eigenvalue weighted by molar-refractivity contribution is 5.79. The zero-order valence-electron chi connectivity index (χ0n) is 17.6. The third-order valence-electron chi connectivity index (χ3n) is 4.50. The number of ether oxygens (including phenoxy) is 2. The number of amides is 2. The maximum Gasteiger partial charge on any atom is 0.387 e. The van der Waals surface area contributed by atoms with Gasteiger partial charge in [-0.2, -0.15) is 8.78 Å². The monoisotopic (exact) mass is 435 g/mol. The van der Waals surface area contributed by atoms with Gasteiger partial charge in [0.2, 0.25) is 11.8 Å². The first kappa shape index (κ1) is 24.1. The number of benzene rings is 2. The Morgan fingerprint density at radius 1 is 1.03 bits per heavy atom. The van der Waals surface area contributed by atoms with Crippen LogP contribution in [0.25, 0.3) is 0 Å². The number of likely N-dealkylation sites (N-methyl/N-ethyl adjacent to an activating group) is 1. The van der Waals surface area contributed by atoms with E-state index in [9.17, 15) is 18.4 Å². The zero-order chi connectivity index (χ0) is 22.8. The summed E-state index contributed by atoms with van der Waals surface area (Å²) >= 11 is 0. The van der Waals surface area contributed by atoms with Crippen LogP contribution in [0.4, 0.5) is 8.78 Å². The van der Waals surface area contributed by atoms with E-state index in [1.165, 1.54) is 19.2 Å². The number of carbonyl (C=O) groups is 2. The van der Waals surface area contributed by atoms with Gasteiger partial charge in [-0.15, -0.1) is 0 Å². The van der Waals surface area contributed by atoms with Crippen molar-refractivity contribution in [3.63, 3.8) is 0 Å². The first-order valence-corrected chi connectivity index (χ1v) is 9.68. The Morgan fingerprint density at radius 2 is 1.74 bits per heavy atom. The van der Waals surface area contributed by atoms with Gasteiger partial charge in [0.25, 0.3) is 0 Å². The molecule has 2 N–H and O–H groups in total. The Balaban J connectivity index is 2.04. The first-order valence-electron chi connectivity index (χ1n) is 9.68. The van der Waals surface area contributed by atoms with Gasteiger partial charge in [0, 0.05) is 26.1 Å². The summed E-state index contributed by atoms with van der Waals surface area (Å²) < 4.78 is 34.8. The molecule has 0 atom stereocenters. The minimum Gasteiger partial charge on any atom is -0.493 e. The number of carbonyl (C=O) groups excluding carboxylic acids is 2. The summed E-state index contributed by atoms with van der Waals surface area (Å²) in [5.41, 5.74) is 6.86. The largest absolute Gasteiger partial charge is 0.493 e. The van der Waals surface area contributed by atoms with Crippen LogP contribution in [0.5, 0.6) is 11.5 Å². The molecule has 0 fully saturated rings. The van der Waals surface area contributed by atoms with E-state index < -0.39 is 12.5 Å². The molecule has 7 nitrogen and oxygen atoms in total. The molecule has 0 aromatic heterocycles. The molecule has 0 bridgehead atoms. The van der Waals surface area contributed by atoms with Crippen LogP contribution in [0.3, 0.4) is 0 Å². The lowest BCUT2D eigenvalue weighted by atomic mass is 10.2. The number of nitrogens with two attached hydrogens (primary N) is 1. The summed E-state index contributed by atoms with van der Waals surface area (Å²) in [5.74, 6) is -0.528. The van der Waals surface area contributed by atoms with Gasteiger partial charge in [0.05, 0.1) is 13.7 Å². The summed E-state index contributed by atoms with van der Waals surface area (Å²) in [6, 6.07) is 14.1. The van der Waals surface area contributed by atoms with Crippen LogP contribution in [-0.2, 0) is 22.7 Å². The van der Waals surface area contributed by atoms with Crippen LogP contribution in [0.1, 0.15) is 17.5 Å². The van der Waals surface area contributed by atoms with Gasteiger partial charge in [-0.3, -0.25) is 14.5 Å². The second-order valence-corrected chi connectivity index (χ2v) is 7.05. The molecule has 0 unspecified atom stereocenters. The van der Waals surface area contributed by atoms with Crippen LogP contribution < -0.4 is 15.2 Å². The van der Waals surface area contributed by atoms with Crippen molar-refractivity contribution in [1.82, 2.24) is 9.80 Å². The lowest BCUT2D eigenvalue weighted by molar-refractivity contribution is -0.133. The predicted octanol–water partition coefficient (Wildman–Crippen LogP) is 2.63. The van der Waals surface area contributed by atoms with E-state index in [1.807, 2.05) is 30.3 Å². The Kier molecular flexibility index (Phi) is 9.20. The average molecular weight is 435 g/mol. The number of rotatable bonds is 12. The predicted molar refractivity (Wildman–Crippen MR) is 112 cm³/mol. The van der Waals surface area contributed by atoms with E-state index in [-0.39, 0.29) is 36.9 Å². The molecule has 2 aromatic carbocycles. The number of alkyl halides is 2. The van der Waals surface area contributed by atoms with Crippen LogP contribution in [0.15, 0.2) is 48.5 Å². The second-order valence-electron chi connectivity index (χ2n) is 7.05. The van der Waals surface area contributed by atoms with Crippen LogP contribution in [0, 0.1) is 0 Å². The van der Waals surface area contributed by atoms with Gasteiger partial charge < -0.3 is 20.1 Å². The van der Waals surface area contributed by atoms with Gasteiger partial charge >= 0.3 is 6.61 Å². The van der Waals surface area contributed by atoms with Gasteiger partial charge in [0.15, 0.2) is 11.5 Å². The summed E-state index contributed by atoms with van der Waals surface area (Å²) in [6.45, 7) is -2.01. The summed E-state index contributed by atoms with van der Waals surface area (Å²) in [7, 11) is 3.11. The van der Waals surface area contributed by atoms with E-state index in [4.69, 9.17) is 10.5 Å². The molecule has 0 aliphatic rings. The lowest BCUT2D eigenvalue weighted by Crippen LogP contribution is -2.40. The molecule has 168 valence electrons. The molecule has 2 aromatic rings. The second kappa shape index (κ2) is 11.8. The molecule has 0 aliphatic carbocycles. The molecular weight excluding hydrogens is 408 g/mol. The van der Waals surface area contributed by atoms with E-state index in [0.29, 0.717) is 18.7 Å². The minimum atomic E-state index is -2.97. The molecule has 31 heavy (non-hydrogen) atoms. The Hall–Kier alpha value is -3.20. The molecular formula is C22H27F2N3O4. The highest BCUT2D eigenvalue weighted by atomic mass is 19.3. The third kappa shape index (κ3) is 8.21. The molecule has 0 heterocycles. The Labute approximate surface area is 180 Å². The highest BCUT2D eigenvalue weighted by Gasteiger charge is 2.18. The standard InChI is InChI=1S/C22H27F2N3O4/c1-26(13-17-8-9-18(30-2)19(12-17)31-22(23)24)15-21(29)27(11-10-20(25)28)14-16-6-4-3-5-7-16/h3-9,12,22H,10-11,13-15H2,1-2H3,(H2,25,28). The molecule has 0 saturated heterocycles. The topological polar surface area (TPSA) is 85.1 Å². The van der Waals surface area contributed by atoms with Crippen LogP contribution >= 0.6 is 0 Å². The first-order chi connectivity index (χ1) is 14.8. The number of hydrogen-bond donors (Lipinski definition) is 1. The van der Waals surface area contributed by atoms with Crippen LogP contribution in [-0.4, -0.2) is 55.5 Å². The van der Waals surface area contributed by atoms with Crippen molar-refractivity contribution < 1.29 is 27.8 Å². The summed E-state index contributed by atoms with van der Waals surface area (Å²) in [4.78, 5) is 27.4. The average Bonchev–Trinajstić information content (AvgIpc) is 2.71. The number of methoxy groups -OCH3 is 1. The van der Waals surface area contributed by atoms with E-state index >= 15 is 0 Å². The van der Waals surface area contributed by atoms with Crippen molar-refractivity contribution in [1.29, 1.82) is 0 Å². The minimum absolute atomic E-state index is 0.0646. The van der Waals surface area contributed by atoms with E-state index in [0.717, 1.165) is 5.56 Å². The maximum absolute atomic E-state index is 12.9. The smallest absolute Gasteiger partial charge is 0.387 e. The maximum atomic E-state index is 12.9. The number of halogens is 2. The van der Waals surface area contributed by atoms with Crippen molar-refractivity contribution in [2.24, 2.45) is 5.73 Å². The van der Waals surface area contributed by atoms with Gasteiger partial charge in [-0.1, -0.05) is 36.4 Å². The lowest BCUT2D eigenvalue weighted by Gasteiger charge is -2.25. The van der Waals surface area contributed by atoms with Crippen LogP contribution in [0.2, 0.25) is 0 Å². The molecule has 0 aliphatic heterocycles. The fourth-order valence-corrected chi connectivity index (χ4v) is 3.05. The van der Waals surface area contributed by atoms with Crippen molar-refractivity contribution in [2.75, 3.05) is 27.2 Å². The fourth-order valence-electron chi connectivity index (χ4n) is 3.05.